The Morgan fingerprint density at radius 3 is 2.71 bits per heavy atom. The topological polar surface area (TPSA) is 56.6 Å². The van der Waals surface area contributed by atoms with Crippen molar-refractivity contribution in [1.82, 2.24) is 4.98 Å². The van der Waals surface area contributed by atoms with Gasteiger partial charge in [0.25, 0.3) is 0 Å². The van der Waals surface area contributed by atoms with Gasteiger partial charge in [-0.1, -0.05) is 28.1 Å². The van der Waals surface area contributed by atoms with Crippen molar-refractivity contribution in [3.8, 4) is 6.07 Å². The predicted octanol–water partition coefficient (Wildman–Crippen LogP) is 4.34. The average molecular weight is 339 g/mol. The largest absolute Gasteiger partial charge is 0.360 e. The summed E-state index contributed by atoms with van der Waals surface area (Å²) in [6, 6.07) is 13.0. The first kappa shape index (κ1) is 13.6. The first-order chi connectivity index (χ1) is 10.1. The van der Waals surface area contributed by atoms with Crippen molar-refractivity contribution in [1.29, 1.82) is 5.26 Å². The zero-order valence-corrected chi connectivity index (χ0v) is 12.9. The zero-order valence-electron chi connectivity index (χ0n) is 11.3. The molecule has 0 radical (unpaired) electrons. The number of carbonyl (C=O) groups is 1. The van der Waals surface area contributed by atoms with Crippen molar-refractivity contribution in [2.45, 2.75) is 6.92 Å². The number of carbonyl (C=O) groups excluding carboxylic acids is 1. The van der Waals surface area contributed by atoms with Crippen molar-refractivity contribution >= 4 is 32.6 Å². The summed E-state index contributed by atoms with van der Waals surface area (Å²) in [5.41, 5.74) is 3.70. The first-order valence-corrected chi connectivity index (χ1v) is 7.21. The summed E-state index contributed by atoms with van der Waals surface area (Å²) in [5, 5.41) is 9.74. The van der Waals surface area contributed by atoms with Crippen molar-refractivity contribution in [2.75, 3.05) is 0 Å². The van der Waals surface area contributed by atoms with Gasteiger partial charge in [0.2, 0.25) is 0 Å². The number of nitrogens with zero attached hydrogens (tertiary/aromatic N) is 1. The van der Waals surface area contributed by atoms with Crippen LogP contribution in [0.5, 0.6) is 0 Å². The fourth-order valence-electron chi connectivity index (χ4n) is 2.33. The summed E-state index contributed by atoms with van der Waals surface area (Å²) in [6.45, 7) is 1.98. The molecule has 2 aromatic carbocycles. The van der Waals surface area contributed by atoms with Crippen LogP contribution in [0.4, 0.5) is 0 Å². The number of aryl methyl sites for hydroxylation is 1. The Hall–Kier alpha value is -2.38. The summed E-state index contributed by atoms with van der Waals surface area (Å²) < 4.78 is 0.787. The number of hydrogen-bond acceptors (Lipinski definition) is 2. The third-order valence-corrected chi connectivity index (χ3v) is 4.08. The van der Waals surface area contributed by atoms with Crippen molar-refractivity contribution in [3.63, 3.8) is 0 Å². The lowest BCUT2D eigenvalue weighted by atomic mass is 10.0. The number of hydrogen-bond donors (Lipinski definition) is 1. The van der Waals surface area contributed by atoms with Crippen LogP contribution in [0.2, 0.25) is 0 Å². The van der Waals surface area contributed by atoms with E-state index in [0.29, 0.717) is 16.7 Å². The molecular weight excluding hydrogens is 328 g/mol. The van der Waals surface area contributed by atoms with Gasteiger partial charge in [-0.15, -0.1) is 0 Å². The Kier molecular flexibility index (Phi) is 3.36. The monoisotopic (exact) mass is 338 g/mol. The second-order valence-electron chi connectivity index (χ2n) is 4.89. The Morgan fingerprint density at radius 2 is 2.00 bits per heavy atom. The summed E-state index contributed by atoms with van der Waals surface area (Å²) in [5.74, 6) is -0.0437. The van der Waals surface area contributed by atoms with E-state index in [2.05, 4.69) is 27.0 Å². The van der Waals surface area contributed by atoms with Crippen molar-refractivity contribution in [2.24, 2.45) is 0 Å². The number of aromatic amines is 1. The second-order valence-corrected chi connectivity index (χ2v) is 5.74. The molecule has 21 heavy (non-hydrogen) atoms. The van der Waals surface area contributed by atoms with Gasteiger partial charge in [0.1, 0.15) is 0 Å². The Bertz CT molecular complexity index is 903. The zero-order chi connectivity index (χ0) is 15.0. The molecule has 3 rings (SSSR count). The van der Waals surface area contributed by atoms with E-state index in [1.54, 1.807) is 24.4 Å². The third kappa shape index (κ3) is 2.37. The highest BCUT2D eigenvalue weighted by atomic mass is 79.9. The van der Waals surface area contributed by atoms with Gasteiger partial charge in [-0.2, -0.15) is 5.26 Å². The molecular formula is C17H11BrN2O. The molecule has 3 nitrogen and oxygen atoms in total. The molecule has 1 N–H and O–H groups in total. The summed E-state index contributed by atoms with van der Waals surface area (Å²) in [6.07, 6.45) is 1.69. The van der Waals surface area contributed by atoms with E-state index in [4.69, 9.17) is 5.26 Å². The maximum absolute atomic E-state index is 12.7. The molecule has 0 unspecified atom stereocenters. The van der Waals surface area contributed by atoms with Gasteiger partial charge in [0.05, 0.1) is 11.6 Å². The normalized spacial score (nSPS) is 10.5. The smallest absolute Gasteiger partial charge is 0.196 e. The number of halogens is 1. The SMILES string of the molecule is Cc1ccc(C(=O)c2c[nH]c3cc(C#N)ccc23)c(Br)c1. The Morgan fingerprint density at radius 1 is 1.19 bits per heavy atom. The van der Waals surface area contributed by atoms with Gasteiger partial charge in [0, 0.05) is 32.7 Å². The molecule has 102 valence electrons. The lowest BCUT2D eigenvalue weighted by Gasteiger charge is -2.04. The molecule has 0 atom stereocenters. The van der Waals surface area contributed by atoms with E-state index >= 15 is 0 Å². The van der Waals surface area contributed by atoms with Crippen LogP contribution < -0.4 is 0 Å². The van der Waals surface area contributed by atoms with E-state index < -0.39 is 0 Å². The fraction of sp³-hybridized carbons (Fsp3) is 0.0588. The van der Waals surface area contributed by atoms with Crippen LogP contribution in [0.3, 0.4) is 0 Å². The second kappa shape index (κ2) is 5.19. The maximum atomic E-state index is 12.7. The molecule has 1 heterocycles. The number of aromatic nitrogens is 1. The minimum atomic E-state index is -0.0437. The van der Waals surface area contributed by atoms with E-state index in [9.17, 15) is 4.79 Å². The molecule has 1 aromatic heterocycles. The van der Waals surface area contributed by atoms with Gasteiger partial charge in [-0.25, -0.2) is 0 Å². The van der Waals surface area contributed by atoms with Crippen molar-refractivity contribution < 1.29 is 4.79 Å². The molecule has 0 aliphatic rings. The number of nitriles is 1. The predicted molar refractivity (Wildman–Crippen MR) is 85.3 cm³/mol. The maximum Gasteiger partial charge on any atom is 0.196 e. The average Bonchev–Trinajstić information content (AvgIpc) is 2.89. The molecule has 0 aliphatic carbocycles. The number of benzene rings is 2. The van der Waals surface area contributed by atoms with Gasteiger partial charge < -0.3 is 4.98 Å². The van der Waals surface area contributed by atoms with Crippen LogP contribution in [0.15, 0.2) is 47.1 Å². The molecule has 0 bridgehead atoms. The minimum Gasteiger partial charge on any atom is -0.360 e. The van der Waals surface area contributed by atoms with Crippen LogP contribution in [0, 0.1) is 18.3 Å². The quantitative estimate of drug-likeness (QED) is 0.706. The number of ketones is 1. The molecule has 3 aromatic rings. The Labute approximate surface area is 130 Å². The summed E-state index contributed by atoms with van der Waals surface area (Å²) >= 11 is 3.45. The molecule has 0 spiro atoms. The van der Waals surface area contributed by atoms with Gasteiger partial charge >= 0.3 is 0 Å². The molecule has 0 amide bonds. The van der Waals surface area contributed by atoms with Crippen LogP contribution in [-0.4, -0.2) is 10.8 Å². The number of nitrogens with one attached hydrogen (secondary N) is 1. The van der Waals surface area contributed by atoms with Crippen LogP contribution in [0.1, 0.15) is 27.0 Å². The van der Waals surface area contributed by atoms with Crippen LogP contribution in [-0.2, 0) is 0 Å². The highest BCUT2D eigenvalue weighted by molar-refractivity contribution is 9.10. The lowest BCUT2D eigenvalue weighted by Crippen LogP contribution is -2.01. The Balaban J connectivity index is 2.12. The summed E-state index contributed by atoms with van der Waals surface area (Å²) in [7, 11) is 0. The number of rotatable bonds is 2. The highest BCUT2D eigenvalue weighted by Gasteiger charge is 2.16. The van der Waals surface area contributed by atoms with Gasteiger partial charge in [0.15, 0.2) is 5.78 Å². The van der Waals surface area contributed by atoms with E-state index in [1.165, 1.54) is 0 Å². The highest BCUT2D eigenvalue weighted by Crippen LogP contribution is 2.26. The molecule has 0 saturated carbocycles. The standard InChI is InChI=1S/C17H11BrN2O/c1-10-2-4-13(15(18)6-10)17(21)14-9-20-16-7-11(8-19)3-5-12(14)16/h2-7,9,20H,1H3. The minimum absolute atomic E-state index is 0.0437. The fourth-order valence-corrected chi connectivity index (χ4v) is 3.01. The van der Waals surface area contributed by atoms with E-state index in [-0.39, 0.29) is 5.78 Å². The van der Waals surface area contributed by atoms with E-state index in [1.807, 2.05) is 25.1 Å². The van der Waals surface area contributed by atoms with Crippen LogP contribution >= 0.6 is 15.9 Å². The molecule has 0 aliphatic heterocycles. The summed E-state index contributed by atoms with van der Waals surface area (Å²) in [4.78, 5) is 15.8. The van der Waals surface area contributed by atoms with Crippen molar-refractivity contribution in [3.05, 3.63) is 69.3 Å². The number of fused-ring (bicyclic) bond motifs is 1. The number of H-pyrrole nitrogens is 1. The van der Waals surface area contributed by atoms with E-state index in [0.717, 1.165) is 20.9 Å². The molecule has 0 fully saturated rings. The third-order valence-electron chi connectivity index (χ3n) is 3.42. The van der Waals surface area contributed by atoms with Crippen LogP contribution in [0.25, 0.3) is 10.9 Å². The first-order valence-electron chi connectivity index (χ1n) is 6.42. The lowest BCUT2D eigenvalue weighted by molar-refractivity contribution is 0.103. The molecule has 4 heteroatoms. The van der Waals surface area contributed by atoms with Gasteiger partial charge in [-0.3, -0.25) is 4.79 Å². The van der Waals surface area contributed by atoms with Gasteiger partial charge in [-0.05, 0) is 36.8 Å². The molecule has 0 saturated heterocycles.